The lowest BCUT2D eigenvalue weighted by molar-refractivity contribution is -0.150. The second-order valence-electron chi connectivity index (χ2n) is 8.77. The normalized spacial score (nSPS) is 11.9. The molecule has 0 spiro atoms. The average Bonchev–Trinajstić information content (AvgIpc) is 2.97. The average molecular weight is 533 g/mol. The maximum atomic E-state index is 12.8. The van der Waals surface area contributed by atoms with Crippen molar-refractivity contribution in [3.8, 4) is 0 Å². The van der Waals surface area contributed by atoms with E-state index in [2.05, 4.69) is 10.6 Å². The fraction of sp³-hybridized carbons (Fsp3) is 0.267. The molecular weight excluding hydrogens is 500 g/mol. The number of carbonyl (C=O) groups excluding carboxylic acids is 4. The molecule has 3 aromatic rings. The molecule has 0 saturated heterocycles. The van der Waals surface area contributed by atoms with Gasteiger partial charge < -0.3 is 24.8 Å². The monoisotopic (exact) mass is 532 g/mol. The van der Waals surface area contributed by atoms with Crippen LogP contribution >= 0.6 is 0 Å². The zero-order valence-electron chi connectivity index (χ0n) is 21.7. The summed E-state index contributed by atoms with van der Waals surface area (Å²) in [7, 11) is 0. The summed E-state index contributed by atoms with van der Waals surface area (Å²) in [5, 5.41) is 5.01. The molecule has 0 aliphatic rings. The Balaban J connectivity index is 1.53. The molecule has 39 heavy (non-hydrogen) atoms. The molecule has 0 heterocycles. The fourth-order valence-electron chi connectivity index (χ4n) is 3.45. The Labute approximate surface area is 227 Å². The van der Waals surface area contributed by atoms with E-state index in [1.807, 2.05) is 66.7 Å². The van der Waals surface area contributed by atoms with Crippen LogP contribution in [0.1, 0.15) is 36.5 Å². The molecule has 0 fully saturated rings. The highest BCUT2D eigenvalue weighted by Crippen LogP contribution is 2.09. The Morgan fingerprint density at radius 3 is 1.62 bits per heavy atom. The van der Waals surface area contributed by atoms with Crippen LogP contribution < -0.4 is 10.6 Å². The van der Waals surface area contributed by atoms with Gasteiger partial charge in [0.05, 0.1) is 0 Å². The second-order valence-corrected chi connectivity index (χ2v) is 8.77. The molecule has 204 valence electrons. The summed E-state index contributed by atoms with van der Waals surface area (Å²) in [6.07, 6.45) is -0.952. The van der Waals surface area contributed by atoms with Crippen molar-refractivity contribution in [2.75, 3.05) is 0 Å². The number of benzene rings is 3. The van der Waals surface area contributed by atoms with Crippen molar-refractivity contribution in [3.63, 3.8) is 0 Å². The van der Waals surface area contributed by atoms with E-state index in [1.54, 1.807) is 24.3 Å². The first-order valence-corrected chi connectivity index (χ1v) is 12.6. The molecule has 0 radical (unpaired) electrons. The first kappa shape index (κ1) is 28.9. The van der Waals surface area contributed by atoms with Crippen LogP contribution in [0.5, 0.6) is 0 Å². The Kier molecular flexibility index (Phi) is 11.5. The number of carbonyl (C=O) groups is 4. The van der Waals surface area contributed by atoms with Gasteiger partial charge in [0, 0.05) is 6.42 Å². The summed E-state index contributed by atoms with van der Waals surface area (Å²) >= 11 is 0. The third kappa shape index (κ3) is 10.7. The molecule has 3 aromatic carbocycles. The zero-order valence-corrected chi connectivity index (χ0v) is 21.7. The van der Waals surface area contributed by atoms with Crippen LogP contribution in [0.25, 0.3) is 0 Å². The van der Waals surface area contributed by atoms with Crippen LogP contribution in [0.3, 0.4) is 0 Å². The number of nitrogens with one attached hydrogen (secondary N) is 2. The van der Waals surface area contributed by atoms with Crippen molar-refractivity contribution in [2.45, 2.75) is 51.7 Å². The first-order valence-electron chi connectivity index (χ1n) is 12.6. The van der Waals surface area contributed by atoms with Gasteiger partial charge in [0.2, 0.25) is 5.91 Å². The van der Waals surface area contributed by atoms with E-state index in [9.17, 15) is 19.2 Å². The minimum absolute atomic E-state index is 0.00408. The highest BCUT2D eigenvalue weighted by molar-refractivity contribution is 5.89. The molecule has 9 nitrogen and oxygen atoms in total. The lowest BCUT2D eigenvalue weighted by atomic mass is 10.1. The topological polar surface area (TPSA) is 120 Å². The van der Waals surface area contributed by atoms with Gasteiger partial charge in [0.25, 0.3) is 0 Å². The molecule has 0 bridgehead atoms. The van der Waals surface area contributed by atoms with E-state index >= 15 is 0 Å². The Bertz CT molecular complexity index is 1200. The van der Waals surface area contributed by atoms with Gasteiger partial charge in [-0.1, -0.05) is 91.0 Å². The van der Waals surface area contributed by atoms with E-state index in [1.165, 1.54) is 6.92 Å². The zero-order chi connectivity index (χ0) is 27.9. The van der Waals surface area contributed by atoms with Crippen LogP contribution in [0.2, 0.25) is 0 Å². The molecule has 0 aliphatic carbocycles. The summed E-state index contributed by atoms with van der Waals surface area (Å²) < 4.78 is 15.8. The summed E-state index contributed by atoms with van der Waals surface area (Å²) in [6.45, 7) is 1.60. The van der Waals surface area contributed by atoms with Gasteiger partial charge in [-0.05, 0) is 30.0 Å². The Morgan fingerprint density at radius 2 is 1.10 bits per heavy atom. The lowest BCUT2D eigenvalue weighted by Crippen LogP contribution is -2.50. The first-order chi connectivity index (χ1) is 18.9. The maximum absolute atomic E-state index is 12.8. The molecule has 2 N–H and O–H groups in total. The van der Waals surface area contributed by atoms with Crippen molar-refractivity contribution in [1.82, 2.24) is 10.6 Å². The largest absolute Gasteiger partial charge is 0.461 e. The molecule has 9 heteroatoms. The summed E-state index contributed by atoms with van der Waals surface area (Å²) in [5.41, 5.74) is 2.40. The van der Waals surface area contributed by atoms with E-state index in [-0.39, 0.29) is 32.7 Å². The molecule has 0 aromatic heterocycles. The molecule has 0 aliphatic heterocycles. The minimum atomic E-state index is -1.13. The predicted octanol–water partition coefficient (Wildman–Crippen LogP) is 4.05. The SMILES string of the molecule is C[C@@H](NC(=O)OCc1ccccc1)C(=O)N[C@@H](CCC(=O)OCc1ccccc1)C(=O)OCc1ccccc1. The van der Waals surface area contributed by atoms with Crippen molar-refractivity contribution in [3.05, 3.63) is 108 Å². The molecular formula is C30H32N2O7. The van der Waals surface area contributed by atoms with Crippen molar-refractivity contribution < 1.29 is 33.4 Å². The number of hydrogen-bond acceptors (Lipinski definition) is 7. The maximum Gasteiger partial charge on any atom is 0.408 e. The van der Waals surface area contributed by atoms with Crippen molar-refractivity contribution in [2.24, 2.45) is 0 Å². The van der Waals surface area contributed by atoms with Crippen LogP contribution in [0.4, 0.5) is 4.79 Å². The Morgan fingerprint density at radius 1 is 0.641 bits per heavy atom. The van der Waals surface area contributed by atoms with Gasteiger partial charge in [0.15, 0.2) is 0 Å². The minimum Gasteiger partial charge on any atom is -0.461 e. The molecule has 3 rings (SSSR count). The third-order valence-electron chi connectivity index (χ3n) is 5.65. The van der Waals surface area contributed by atoms with E-state index in [0.29, 0.717) is 0 Å². The third-order valence-corrected chi connectivity index (χ3v) is 5.65. The van der Waals surface area contributed by atoms with E-state index in [0.717, 1.165) is 16.7 Å². The summed E-state index contributed by atoms with van der Waals surface area (Å²) in [4.78, 5) is 50.1. The van der Waals surface area contributed by atoms with Gasteiger partial charge >= 0.3 is 18.0 Å². The van der Waals surface area contributed by atoms with Gasteiger partial charge in [-0.2, -0.15) is 0 Å². The highest BCUT2D eigenvalue weighted by atomic mass is 16.5. The Hall–Kier alpha value is -4.66. The van der Waals surface area contributed by atoms with E-state index in [4.69, 9.17) is 14.2 Å². The summed E-state index contributed by atoms with van der Waals surface area (Å²) in [5.74, 6) is -1.86. The quantitative estimate of drug-likeness (QED) is 0.252. The molecule has 2 atom stereocenters. The molecule has 2 amide bonds. The van der Waals surface area contributed by atoms with Crippen LogP contribution in [0, 0.1) is 0 Å². The smallest absolute Gasteiger partial charge is 0.408 e. The van der Waals surface area contributed by atoms with Crippen molar-refractivity contribution in [1.29, 1.82) is 0 Å². The standard InChI is InChI=1S/C30H32N2O7/c1-22(31-30(36)39-21-25-15-9-4-10-16-25)28(34)32-26(29(35)38-20-24-13-7-3-8-14-24)17-18-27(33)37-19-23-11-5-2-6-12-23/h2-16,22,26H,17-21H2,1H3,(H,31,36)(H,32,34)/t22-,26+/m1/s1. The number of amides is 2. The predicted molar refractivity (Wildman–Crippen MR) is 143 cm³/mol. The fourth-order valence-corrected chi connectivity index (χ4v) is 3.45. The number of alkyl carbamates (subject to hydrolysis) is 1. The van der Waals surface area contributed by atoms with Crippen LogP contribution in [-0.4, -0.2) is 36.0 Å². The highest BCUT2D eigenvalue weighted by Gasteiger charge is 2.27. The van der Waals surface area contributed by atoms with E-state index < -0.39 is 36.0 Å². The van der Waals surface area contributed by atoms with Crippen LogP contribution in [-0.2, 0) is 48.4 Å². The van der Waals surface area contributed by atoms with Gasteiger partial charge in [0.1, 0.15) is 31.9 Å². The molecule has 0 saturated carbocycles. The molecule has 0 unspecified atom stereocenters. The number of rotatable bonds is 13. The van der Waals surface area contributed by atoms with Crippen molar-refractivity contribution >= 4 is 23.9 Å². The van der Waals surface area contributed by atoms with Crippen LogP contribution in [0.15, 0.2) is 91.0 Å². The lowest BCUT2D eigenvalue weighted by Gasteiger charge is -2.20. The number of ether oxygens (including phenoxy) is 3. The van der Waals surface area contributed by atoms with Gasteiger partial charge in [-0.15, -0.1) is 0 Å². The van der Waals surface area contributed by atoms with Gasteiger partial charge in [-0.25, -0.2) is 9.59 Å². The summed E-state index contributed by atoms with van der Waals surface area (Å²) in [6, 6.07) is 25.2. The van der Waals surface area contributed by atoms with Gasteiger partial charge in [-0.3, -0.25) is 9.59 Å². The number of hydrogen-bond donors (Lipinski definition) is 2. The second kappa shape index (κ2) is 15.6. The number of esters is 2.